The van der Waals surface area contributed by atoms with Crippen LogP contribution in [0.5, 0.6) is 0 Å². The van der Waals surface area contributed by atoms with E-state index in [2.05, 4.69) is 25.2 Å². The second kappa shape index (κ2) is 7.15. The van der Waals surface area contributed by atoms with E-state index in [-0.39, 0.29) is 5.91 Å². The topological polar surface area (TPSA) is 29.1 Å². The van der Waals surface area contributed by atoms with Crippen LogP contribution in [-0.4, -0.2) is 11.7 Å². The first kappa shape index (κ1) is 14.7. The molecular formula is C17H19NOS. The molecule has 0 fully saturated rings. The third-order valence-corrected chi connectivity index (χ3v) is 3.98. The molecule has 0 saturated heterocycles. The molecule has 20 heavy (non-hydrogen) atoms. The Morgan fingerprint density at radius 1 is 1.10 bits per heavy atom. The Morgan fingerprint density at radius 2 is 1.90 bits per heavy atom. The van der Waals surface area contributed by atoms with Gasteiger partial charge in [-0.15, -0.1) is 11.8 Å². The zero-order valence-corrected chi connectivity index (χ0v) is 12.7. The average molecular weight is 285 g/mol. The fraction of sp³-hybridized carbons (Fsp3) is 0.235. The SMILES string of the molecule is CCSc1ccccc1C(=O)Nc1cccc(CC)c1. The summed E-state index contributed by atoms with van der Waals surface area (Å²) in [6.07, 6.45) is 0.964. The summed E-state index contributed by atoms with van der Waals surface area (Å²) in [6, 6.07) is 15.7. The van der Waals surface area contributed by atoms with Crippen molar-refractivity contribution in [1.82, 2.24) is 0 Å². The number of carbonyl (C=O) groups excluding carboxylic acids is 1. The number of carbonyl (C=O) groups is 1. The van der Waals surface area contributed by atoms with E-state index in [9.17, 15) is 4.79 Å². The second-order valence-corrected chi connectivity index (χ2v) is 5.74. The molecule has 0 saturated carbocycles. The van der Waals surface area contributed by atoms with E-state index in [1.54, 1.807) is 11.8 Å². The minimum absolute atomic E-state index is 0.0465. The van der Waals surface area contributed by atoms with Gasteiger partial charge in [-0.05, 0) is 42.0 Å². The van der Waals surface area contributed by atoms with E-state index in [4.69, 9.17) is 0 Å². The van der Waals surface area contributed by atoms with Crippen molar-refractivity contribution in [3.8, 4) is 0 Å². The maximum absolute atomic E-state index is 12.4. The molecule has 2 aromatic carbocycles. The van der Waals surface area contributed by atoms with Gasteiger partial charge in [-0.3, -0.25) is 4.79 Å². The number of amides is 1. The molecule has 0 heterocycles. The van der Waals surface area contributed by atoms with E-state index < -0.39 is 0 Å². The van der Waals surface area contributed by atoms with Gasteiger partial charge in [0.1, 0.15) is 0 Å². The Morgan fingerprint density at radius 3 is 2.65 bits per heavy atom. The molecule has 0 radical (unpaired) electrons. The molecule has 0 aliphatic heterocycles. The predicted molar refractivity (Wildman–Crippen MR) is 86.6 cm³/mol. The largest absolute Gasteiger partial charge is 0.322 e. The summed E-state index contributed by atoms with van der Waals surface area (Å²) in [7, 11) is 0. The standard InChI is InChI=1S/C17H19NOS/c1-3-13-8-7-9-14(12-13)18-17(19)15-10-5-6-11-16(15)20-4-2/h5-12H,3-4H2,1-2H3,(H,18,19). The van der Waals surface area contributed by atoms with Crippen LogP contribution in [0, 0.1) is 0 Å². The van der Waals surface area contributed by atoms with Crippen molar-refractivity contribution in [3.63, 3.8) is 0 Å². The average Bonchev–Trinajstić information content (AvgIpc) is 2.48. The number of hydrogen-bond acceptors (Lipinski definition) is 2. The molecule has 1 amide bonds. The molecule has 3 heteroatoms. The maximum Gasteiger partial charge on any atom is 0.256 e. The van der Waals surface area contributed by atoms with E-state index >= 15 is 0 Å². The Kier molecular flexibility index (Phi) is 5.24. The van der Waals surface area contributed by atoms with Crippen molar-refractivity contribution < 1.29 is 4.79 Å². The molecule has 1 N–H and O–H groups in total. The molecule has 0 bridgehead atoms. The van der Waals surface area contributed by atoms with Gasteiger partial charge in [0.2, 0.25) is 0 Å². The summed E-state index contributed by atoms with van der Waals surface area (Å²) in [5, 5.41) is 2.98. The minimum atomic E-state index is -0.0465. The molecule has 2 rings (SSSR count). The third-order valence-electron chi connectivity index (χ3n) is 3.02. The van der Waals surface area contributed by atoms with Crippen molar-refractivity contribution in [1.29, 1.82) is 0 Å². The lowest BCUT2D eigenvalue weighted by Gasteiger charge is -2.10. The number of hydrogen-bond donors (Lipinski definition) is 1. The first-order valence-electron chi connectivity index (χ1n) is 6.86. The van der Waals surface area contributed by atoms with E-state index in [1.807, 2.05) is 42.5 Å². The molecule has 0 spiro atoms. The normalized spacial score (nSPS) is 10.3. The number of benzene rings is 2. The van der Waals surface area contributed by atoms with Crippen LogP contribution < -0.4 is 5.32 Å². The highest BCUT2D eigenvalue weighted by atomic mass is 32.2. The van der Waals surface area contributed by atoms with Gasteiger partial charge in [0.15, 0.2) is 0 Å². The summed E-state index contributed by atoms with van der Waals surface area (Å²) in [4.78, 5) is 13.4. The first-order valence-corrected chi connectivity index (χ1v) is 7.85. The summed E-state index contributed by atoms with van der Waals surface area (Å²) >= 11 is 1.69. The fourth-order valence-corrected chi connectivity index (χ4v) is 2.81. The summed E-state index contributed by atoms with van der Waals surface area (Å²) in [5.41, 5.74) is 2.81. The van der Waals surface area contributed by atoms with Gasteiger partial charge < -0.3 is 5.32 Å². The van der Waals surface area contributed by atoms with Crippen molar-refractivity contribution in [3.05, 3.63) is 59.7 Å². The summed E-state index contributed by atoms with van der Waals surface area (Å²) in [6.45, 7) is 4.19. The monoisotopic (exact) mass is 285 g/mol. The molecule has 0 aliphatic rings. The van der Waals surface area contributed by atoms with Crippen LogP contribution in [0.1, 0.15) is 29.8 Å². The zero-order valence-electron chi connectivity index (χ0n) is 11.8. The van der Waals surface area contributed by atoms with Gasteiger partial charge in [-0.2, -0.15) is 0 Å². The van der Waals surface area contributed by atoms with E-state index in [0.717, 1.165) is 28.3 Å². The van der Waals surface area contributed by atoms with Crippen molar-refractivity contribution in [2.45, 2.75) is 25.2 Å². The summed E-state index contributed by atoms with van der Waals surface area (Å²) < 4.78 is 0. The second-order valence-electron chi connectivity index (χ2n) is 4.44. The van der Waals surface area contributed by atoms with E-state index in [0.29, 0.717) is 0 Å². The first-order chi connectivity index (χ1) is 9.74. The van der Waals surface area contributed by atoms with Crippen molar-refractivity contribution in [2.24, 2.45) is 0 Å². The molecule has 2 nitrogen and oxygen atoms in total. The van der Waals surface area contributed by atoms with Gasteiger partial charge in [-0.1, -0.05) is 38.1 Å². The molecule has 0 atom stereocenters. The van der Waals surface area contributed by atoms with Crippen LogP contribution in [-0.2, 0) is 6.42 Å². The van der Waals surface area contributed by atoms with Crippen LogP contribution in [0.25, 0.3) is 0 Å². The van der Waals surface area contributed by atoms with Gasteiger partial charge in [0.05, 0.1) is 5.56 Å². The molecule has 2 aromatic rings. The van der Waals surface area contributed by atoms with Gasteiger partial charge in [0.25, 0.3) is 5.91 Å². The highest BCUT2D eigenvalue weighted by Gasteiger charge is 2.11. The number of thioether (sulfide) groups is 1. The molecule has 0 aromatic heterocycles. The lowest BCUT2D eigenvalue weighted by atomic mass is 10.1. The Bertz CT molecular complexity index is 595. The number of aryl methyl sites for hydroxylation is 1. The molecule has 0 unspecified atom stereocenters. The van der Waals surface area contributed by atoms with Gasteiger partial charge in [-0.25, -0.2) is 0 Å². The Hall–Kier alpha value is -1.74. The zero-order chi connectivity index (χ0) is 14.4. The lowest BCUT2D eigenvalue weighted by Crippen LogP contribution is -2.13. The third kappa shape index (κ3) is 3.64. The van der Waals surface area contributed by atoms with Gasteiger partial charge in [0, 0.05) is 10.6 Å². The predicted octanol–water partition coefficient (Wildman–Crippen LogP) is 4.61. The Balaban J connectivity index is 2.19. The smallest absolute Gasteiger partial charge is 0.256 e. The van der Waals surface area contributed by atoms with Gasteiger partial charge >= 0.3 is 0 Å². The van der Waals surface area contributed by atoms with Crippen LogP contribution in [0.3, 0.4) is 0 Å². The highest BCUT2D eigenvalue weighted by Crippen LogP contribution is 2.23. The lowest BCUT2D eigenvalue weighted by molar-refractivity contribution is 0.102. The van der Waals surface area contributed by atoms with E-state index in [1.165, 1.54) is 5.56 Å². The van der Waals surface area contributed by atoms with Crippen molar-refractivity contribution >= 4 is 23.4 Å². The summed E-state index contributed by atoms with van der Waals surface area (Å²) in [5.74, 6) is 0.908. The number of nitrogens with one attached hydrogen (secondary N) is 1. The minimum Gasteiger partial charge on any atom is -0.322 e. The fourth-order valence-electron chi connectivity index (χ4n) is 2.00. The maximum atomic E-state index is 12.4. The number of rotatable bonds is 5. The Labute approximate surface area is 124 Å². The molecule has 0 aliphatic carbocycles. The molecular weight excluding hydrogens is 266 g/mol. The van der Waals surface area contributed by atoms with Crippen LogP contribution in [0.4, 0.5) is 5.69 Å². The number of anilines is 1. The molecule has 104 valence electrons. The van der Waals surface area contributed by atoms with Crippen molar-refractivity contribution in [2.75, 3.05) is 11.1 Å². The van der Waals surface area contributed by atoms with Crippen LogP contribution >= 0.6 is 11.8 Å². The van der Waals surface area contributed by atoms with Crippen LogP contribution in [0.2, 0.25) is 0 Å². The van der Waals surface area contributed by atoms with Crippen LogP contribution in [0.15, 0.2) is 53.4 Å². The quantitative estimate of drug-likeness (QED) is 0.813. The highest BCUT2D eigenvalue weighted by molar-refractivity contribution is 7.99.